The van der Waals surface area contributed by atoms with Gasteiger partial charge in [-0.25, -0.2) is 0 Å². The maximum absolute atomic E-state index is 7.53. The summed E-state index contributed by atoms with van der Waals surface area (Å²) in [6.45, 7) is 3.84. The molecular formula is C13H15N3O. The van der Waals surface area contributed by atoms with Crippen molar-refractivity contribution in [3.8, 4) is 0 Å². The highest BCUT2D eigenvalue weighted by atomic mass is 16.5. The number of aromatic nitrogens is 2. The van der Waals surface area contributed by atoms with Crippen molar-refractivity contribution in [1.82, 2.24) is 10.1 Å². The molecule has 0 unspecified atom stereocenters. The van der Waals surface area contributed by atoms with Gasteiger partial charge in [0.05, 0.1) is 5.92 Å². The second-order valence-corrected chi connectivity index (χ2v) is 4.07. The second-order valence-electron chi connectivity index (χ2n) is 4.07. The summed E-state index contributed by atoms with van der Waals surface area (Å²) < 4.78 is 5.15. The quantitative estimate of drug-likeness (QED) is 0.820. The van der Waals surface area contributed by atoms with Crippen LogP contribution in [0, 0.1) is 12.3 Å². The molecule has 2 atom stereocenters. The summed E-state index contributed by atoms with van der Waals surface area (Å²) in [5, 5.41) is 11.3. The van der Waals surface area contributed by atoms with Gasteiger partial charge in [0.2, 0.25) is 5.89 Å². The van der Waals surface area contributed by atoms with Crippen molar-refractivity contribution < 1.29 is 4.52 Å². The monoisotopic (exact) mass is 229 g/mol. The largest absolute Gasteiger partial charge is 0.339 e. The molecule has 0 aliphatic heterocycles. The summed E-state index contributed by atoms with van der Waals surface area (Å²) in [5.74, 6) is 1.09. The van der Waals surface area contributed by atoms with E-state index in [2.05, 4.69) is 17.1 Å². The molecular weight excluding hydrogens is 214 g/mol. The van der Waals surface area contributed by atoms with Gasteiger partial charge in [0, 0.05) is 6.21 Å². The molecule has 0 aliphatic rings. The average Bonchev–Trinajstić information content (AvgIpc) is 2.78. The van der Waals surface area contributed by atoms with Crippen LogP contribution in [0.2, 0.25) is 0 Å². The molecule has 17 heavy (non-hydrogen) atoms. The average molecular weight is 229 g/mol. The molecule has 0 fully saturated rings. The summed E-state index contributed by atoms with van der Waals surface area (Å²) >= 11 is 0. The number of nitrogens with one attached hydrogen (secondary N) is 1. The lowest BCUT2D eigenvalue weighted by Gasteiger charge is -2.16. The van der Waals surface area contributed by atoms with E-state index in [1.807, 2.05) is 30.3 Å². The lowest BCUT2D eigenvalue weighted by Crippen LogP contribution is -2.10. The van der Waals surface area contributed by atoms with Crippen LogP contribution in [0.1, 0.15) is 36.0 Å². The van der Waals surface area contributed by atoms with E-state index in [0.717, 1.165) is 5.56 Å². The van der Waals surface area contributed by atoms with E-state index < -0.39 is 0 Å². The van der Waals surface area contributed by atoms with Crippen molar-refractivity contribution >= 4 is 6.21 Å². The van der Waals surface area contributed by atoms with Crippen LogP contribution in [-0.2, 0) is 0 Å². The van der Waals surface area contributed by atoms with Crippen molar-refractivity contribution in [1.29, 1.82) is 5.41 Å². The number of rotatable bonds is 4. The van der Waals surface area contributed by atoms with Gasteiger partial charge in [-0.3, -0.25) is 0 Å². The third kappa shape index (κ3) is 2.41. The van der Waals surface area contributed by atoms with Crippen LogP contribution in [0.25, 0.3) is 0 Å². The summed E-state index contributed by atoms with van der Waals surface area (Å²) in [6.07, 6.45) is 1.37. The Balaban J connectivity index is 2.28. The van der Waals surface area contributed by atoms with Gasteiger partial charge in [0.1, 0.15) is 0 Å². The normalized spacial score (nSPS) is 14.2. The van der Waals surface area contributed by atoms with E-state index in [-0.39, 0.29) is 11.8 Å². The number of hydrogen-bond donors (Lipinski definition) is 1. The Bertz CT molecular complexity index is 492. The predicted octanol–water partition coefficient (Wildman–Crippen LogP) is 2.91. The van der Waals surface area contributed by atoms with E-state index >= 15 is 0 Å². The molecule has 1 heterocycles. The summed E-state index contributed by atoms with van der Waals surface area (Å²) in [7, 11) is 0. The molecule has 0 saturated carbocycles. The second kappa shape index (κ2) is 4.91. The van der Waals surface area contributed by atoms with Crippen LogP contribution in [-0.4, -0.2) is 16.4 Å². The van der Waals surface area contributed by atoms with Crippen LogP contribution in [0.3, 0.4) is 0 Å². The lowest BCUT2D eigenvalue weighted by molar-refractivity contribution is 0.361. The van der Waals surface area contributed by atoms with Crippen molar-refractivity contribution in [3.05, 3.63) is 47.6 Å². The van der Waals surface area contributed by atoms with Crippen LogP contribution in [0.4, 0.5) is 0 Å². The molecule has 4 heteroatoms. The van der Waals surface area contributed by atoms with Crippen molar-refractivity contribution in [2.75, 3.05) is 0 Å². The highest BCUT2D eigenvalue weighted by Crippen LogP contribution is 2.29. The number of aryl methyl sites for hydroxylation is 1. The molecule has 88 valence electrons. The minimum absolute atomic E-state index is 0.147. The van der Waals surface area contributed by atoms with Gasteiger partial charge in [-0.15, -0.1) is 0 Å². The molecule has 0 aliphatic carbocycles. The summed E-state index contributed by atoms with van der Waals surface area (Å²) in [4.78, 5) is 4.20. The van der Waals surface area contributed by atoms with Crippen molar-refractivity contribution in [2.24, 2.45) is 0 Å². The van der Waals surface area contributed by atoms with Gasteiger partial charge in [-0.1, -0.05) is 42.4 Å². The van der Waals surface area contributed by atoms with E-state index in [1.165, 1.54) is 6.21 Å². The van der Waals surface area contributed by atoms with E-state index in [1.54, 1.807) is 6.92 Å². The minimum Gasteiger partial charge on any atom is -0.339 e. The molecule has 1 N–H and O–H groups in total. The van der Waals surface area contributed by atoms with Crippen LogP contribution < -0.4 is 0 Å². The first-order valence-corrected chi connectivity index (χ1v) is 5.58. The van der Waals surface area contributed by atoms with Gasteiger partial charge >= 0.3 is 0 Å². The fraction of sp³-hybridized carbons (Fsp3) is 0.308. The summed E-state index contributed by atoms with van der Waals surface area (Å²) in [6, 6.07) is 10.1. The highest BCUT2D eigenvalue weighted by Gasteiger charge is 2.23. The fourth-order valence-corrected chi connectivity index (χ4v) is 1.84. The highest BCUT2D eigenvalue weighted by molar-refractivity contribution is 5.64. The van der Waals surface area contributed by atoms with E-state index in [4.69, 9.17) is 9.93 Å². The molecule has 2 aromatic rings. The Labute approximate surface area is 100 Å². The van der Waals surface area contributed by atoms with Gasteiger partial charge < -0.3 is 9.93 Å². The first-order valence-electron chi connectivity index (χ1n) is 5.58. The van der Waals surface area contributed by atoms with Crippen molar-refractivity contribution in [3.63, 3.8) is 0 Å². The molecule has 2 rings (SSSR count). The van der Waals surface area contributed by atoms with E-state index in [0.29, 0.717) is 11.7 Å². The molecule has 0 radical (unpaired) electrons. The standard InChI is InChI=1S/C13H15N3O/c1-9(11-6-4-3-5-7-11)12(8-14)13-15-10(2)16-17-13/h3-9,12,14H,1-2H3/t9-,12-/m0/s1. The minimum atomic E-state index is -0.168. The van der Waals surface area contributed by atoms with Crippen LogP contribution in [0.15, 0.2) is 34.9 Å². The Morgan fingerprint density at radius 3 is 2.53 bits per heavy atom. The molecule has 0 bridgehead atoms. The molecule has 4 nitrogen and oxygen atoms in total. The maximum Gasteiger partial charge on any atom is 0.235 e. The van der Waals surface area contributed by atoms with E-state index in [9.17, 15) is 0 Å². The van der Waals surface area contributed by atoms with Crippen LogP contribution in [0.5, 0.6) is 0 Å². The Hall–Kier alpha value is -1.97. The third-order valence-electron chi connectivity index (χ3n) is 2.87. The Morgan fingerprint density at radius 2 is 2.00 bits per heavy atom. The number of nitrogens with zero attached hydrogens (tertiary/aromatic N) is 2. The van der Waals surface area contributed by atoms with Gasteiger partial charge in [0.25, 0.3) is 0 Å². The smallest absolute Gasteiger partial charge is 0.235 e. The van der Waals surface area contributed by atoms with Gasteiger partial charge in [0.15, 0.2) is 5.82 Å². The Kier molecular flexibility index (Phi) is 3.32. The lowest BCUT2D eigenvalue weighted by atomic mass is 9.88. The van der Waals surface area contributed by atoms with Crippen LogP contribution >= 0.6 is 0 Å². The van der Waals surface area contributed by atoms with Gasteiger partial charge in [-0.05, 0) is 18.4 Å². The topological polar surface area (TPSA) is 62.8 Å². The third-order valence-corrected chi connectivity index (χ3v) is 2.87. The summed E-state index contributed by atoms with van der Waals surface area (Å²) in [5.41, 5.74) is 1.16. The first kappa shape index (κ1) is 11.5. The molecule has 0 spiro atoms. The zero-order valence-corrected chi connectivity index (χ0v) is 9.92. The van der Waals surface area contributed by atoms with Crippen molar-refractivity contribution in [2.45, 2.75) is 25.7 Å². The first-order chi connectivity index (χ1) is 8.22. The molecule has 0 amide bonds. The molecule has 1 aromatic heterocycles. The maximum atomic E-state index is 7.53. The Morgan fingerprint density at radius 1 is 1.29 bits per heavy atom. The number of hydrogen-bond acceptors (Lipinski definition) is 4. The SMILES string of the molecule is Cc1noc([C@@H](C=N)[C@@H](C)c2ccccc2)n1. The molecule has 0 saturated heterocycles. The fourth-order valence-electron chi connectivity index (χ4n) is 1.84. The number of benzene rings is 1. The predicted molar refractivity (Wildman–Crippen MR) is 65.4 cm³/mol. The zero-order chi connectivity index (χ0) is 12.3. The molecule has 1 aromatic carbocycles. The zero-order valence-electron chi connectivity index (χ0n) is 9.92. The van der Waals surface area contributed by atoms with Gasteiger partial charge in [-0.2, -0.15) is 4.98 Å².